The zero-order valence-electron chi connectivity index (χ0n) is 19.6. The van der Waals surface area contributed by atoms with E-state index in [1.165, 1.54) is 33.1 Å². The first-order valence-electron chi connectivity index (χ1n) is 10.9. The number of benzene rings is 2. The van der Waals surface area contributed by atoms with Crippen LogP contribution in [-0.2, 0) is 20.6 Å². The highest BCUT2D eigenvalue weighted by Gasteiger charge is 2.33. The number of ether oxygens (including phenoxy) is 1. The number of rotatable bonds is 6. The van der Waals surface area contributed by atoms with Gasteiger partial charge >= 0.3 is 6.18 Å². The Labute approximate surface area is 201 Å². The van der Waals surface area contributed by atoms with Crippen molar-refractivity contribution in [3.8, 4) is 5.75 Å². The molecule has 3 rings (SSSR count). The van der Waals surface area contributed by atoms with E-state index < -0.39 is 17.8 Å². The standard InChI is InChI=1S/C24H27F3N4O4/c1-15(32)28-20-9-8-19(35-3)12-21(20)29-23(34)14-30-10-11-31(16(2)33)22(13-30)17-4-6-18(7-5-17)24(25,26)27/h4-9,12,22H,10-11,13-14H2,1-3H3,(H,28,32)(H,29,34)/t22-/m1/s1. The highest BCUT2D eigenvalue weighted by atomic mass is 19.4. The molecule has 3 amide bonds. The van der Waals surface area contributed by atoms with Gasteiger partial charge < -0.3 is 20.3 Å². The lowest BCUT2D eigenvalue weighted by Crippen LogP contribution is -2.51. The van der Waals surface area contributed by atoms with Crippen LogP contribution in [0.2, 0.25) is 0 Å². The lowest BCUT2D eigenvalue weighted by atomic mass is 10.0. The van der Waals surface area contributed by atoms with Crippen LogP contribution in [-0.4, -0.2) is 60.8 Å². The fraction of sp³-hybridized carbons (Fsp3) is 0.375. The van der Waals surface area contributed by atoms with E-state index in [-0.39, 0.29) is 30.8 Å². The van der Waals surface area contributed by atoms with Crippen molar-refractivity contribution in [2.24, 2.45) is 0 Å². The third kappa shape index (κ3) is 6.72. The summed E-state index contributed by atoms with van der Waals surface area (Å²) in [6.45, 7) is 3.76. The molecule has 0 aliphatic carbocycles. The highest BCUT2D eigenvalue weighted by molar-refractivity contribution is 5.99. The molecule has 0 spiro atoms. The Hall–Kier alpha value is -3.60. The molecule has 11 heteroatoms. The molecular formula is C24H27F3N4O4. The number of carbonyl (C=O) groups excluding carboxylic acids is 3. The van der Waals surface area contributed by atoms with E-state index in [4.69, 9.17) is 4.74 Å². The molecule has 0 bridgehead atoms. The van der Waals surface area contributed by atoms with Gasteiger partial charge in [0.15, 0.2) is 0 Å². The molecule has 1 saturated heterocycles. The first-order valence-corrected chi connectivity index (χ1v) is 10.9. The van der Waals surface area contributed by atoms with Crippen molar-refractivity contribution in [1.82, 2.24) is 9.80 Å². The number of nitrogens with zero attached hydrogens (tertiary/aromatic N) is 2. The number of nitrogens with one attached hydrogen (secondary N) is 2. The minimum absolute atomic E-state index is 0.0143. The largest absolute Gasteiger partial charge is 0.497 e. The van der Waals surface area contributed by atoms with Crippen molar-refractivity contribution >= 4 is 29.1 Å². The molecule has 1 fully saturated rings. The van der Waals surface area contributed by atoms with E-state index in [0.717, 1.165) is 12.1 Å². The Bertz CT molecular complexity index is 1090. The maximum atomic E-state index is 12.9. The van der Waals surface area contributed by atoms with Gasteiger partial charge in [-0.1, -0.05) is 12.1 Å². The van der Waals surface area contributed by atoms with Gasteiger partial charge in [-0.05, 0) is 29.8 Å². The van der Waals surface area contributed by atoms with Gasteiger partial charge in [0.2, 0.25) is 17.7 Å². The van der Waals surface area contributed by atoms with Crippen LogP contribution < -0.4 is 15.4 Å². The van der Waals surface area contributed by atoms with Gasteiger partial charge in [-0.15, -0.1) is 0 Å². The van der Waals surface area contributed by atoms with Crippen molar-refractivity contribution in [2.75, 3.05) is 43.9 Å². The lowest BCUT2D eigenvalue weighted by Gasteiger charge is -2.41. The van der Waals surface area contributed by atoms with Crippen LogP contribution in [0.4, 0.5) is 24.5 Å². The number of piperazine rings is 1. The molecule has 2 aromatic carbocycles. The smallest absolute Gasteiger partial charge is 0.416 e. The Balaban J connectivity index is 1.74. The van der Waals surface area contributed by atoms with E-state index in [0.29, 0.717) is 35.8 Å². The topological polar surface area (TPSA) is 91.0 Å². The number of hydrogen-bond acceptors (Lipinski definition) is 5. The first kappa shape index (κ1) is 26.0. The van der Waals surface area contributed by atoms with Gasteiger partial charge in [0, 0.05) is 39.5 Å². The van der Waals surface area contributed by atoms with E-state index in [1.807, 2.05) is 4.90 Å². The van der Waals surface area contributed by atoms with E-state index in [1.54, 1.807) is 23.1 Å². The second-order valence-electron chi connectivity index (χ2n) is 8.22. The predicted octanol–water partition coefficient (Wildman–Crippen LogP) is 3.52. The van der Waals surface area contributed by atoms with Crippen molar-refractivity contribution < 1.29 is 32.3 Å². The maximum Gasteiger partial charge on any atom is 0.416 e. The third-order valence-electron chi connectivity index (χ3n) is 5.67. The third-order valence-corrected chi connectivity index (χ3v) is 5.67. The molecule has 0 aromatic heterocycles. The average molecular weight is 492 g/mol. The fourth-order valence-electron chi connectivity index (χ4n) is 3.98. The summed E-state index contributed by atoms with van der Waals surface area (Å²) in [4.78, 5) is 39.9. The number of anilines is 2. The van der Waals surface area contributed by atoms with Crippen LogP contribution in [0.1, 0.15) is 31.0 Å². The Kier molecular flexibility index (Phi) is 8.00. The number of hydrogen-bond donors (Lipinski definition) is 2. The summed E-state index contributed by atoms with van der Waals surface area (Å²) in [5.74, 6) is -0.361. The van der Waals surface area contributed by atoms with Crippen LogP contribution in [0.5, 0.6) is 5.75 Å². The van der Waals surface area contributed by atoms with Crippen molar-refractivity contribution in [1.29, 1.82) is 0 Å². The molecule has 8 nitrogen and oxygen atoms in total. The number of halogens is 3. The minimum Gasteiger partial charge on any atom is -0.497 e. The van der Waals surface area contributed by atoms with E-state index in [2.05, 4.69) is 10.6 Å². The molecule has 2 N–H and O–H groups in total. The highest BCUT2D eigenvalue weighted by Crippen LogP contribution is 2.32. The number of methoxy groups -OCH3 is 1. The van der Waals surface area contributed by atoms with Gasteiger partial charge in [-0.3, -0.25) is 19.3 Å². The van der Waals surface area contributed by atoms with Crippen molar-refractivity contribution in [3.63, 3.8) is 0 Å². The molecule has 2 aromatic rings. The van der Waals surface area contributed by atoms with Crippen LogP contribution in [0, 0.1) is 0 Å². The Morgan fingerprint density at radius 2 is 1.69 bits per heavy atom. The number of amides is 3. The maximum absolute atomic E-state index is 12.9. The van der Waals surface area contributed by atoms with Crippen molar-refractivity contribution in [3.05, 3.63) is 53.6 Å². The molecule has 0 saturated carbocycles. The van der Waals surface area contributed by atoms with E-state index in [9.17, 15) is 27.6 Å². The first-order chi connectivity index (χ1) is 16.5. The lowest BCUT2D eigenvalue weighted by molar-refractivity contribution is -0.138. The van der Waals surface area contributed by atoms with Crippen LogP contribution in [0.25, 0.3) is 0 Å². The second kappa shape index (κ2) is 10.8. The summed E-state index contributed by atoms with van der Waals surface area (Å²) in [5, 5.41) is 5.42. The molecule has 35 heavy (non-hydrogen) atoms. The monoisotopic (exact) mass is 492 g/mol. The number of carbonyl (C=O) groups is 3. The average Bonchev–Trinajstić information content (AvgIpc) is 2.79. The summed E-state index contributed by atoms with van der Waals surface area (Å²) < 4.78 is 44.0. The molecule has 0 radical (unpaired) electrons. The predicted molar refractivity (Wildman–Crippen MR) is 124 cm³/mol. The number of alkyl halides is 3. The van der Waals surface area contributed by atoms with Gasteiger partial charge in [-0.25, -0.2) is 0 Å². The van der Waals surface area contributed by atoms with Gasteiger partial charge in [-0.2, -0.15) is 13.2 Å². The molecule has 188 valence electrons. The van der Waals surface area contributed by atoms with Gasteiger partial charge in [0.05, 0.1) is 36.6 Å². The molecular weight excluding hydrogens is 465 g/mol. The zero-order chi connectivity index (χ0) is 25.8. The minimum atomic E-state index is -4.45. The second-order valence-corrected chi connectivity index (χ2v) is 8.22. The normalized spacial score (nSPS) is 16.5. The fourth-order valence-corrected chi connectivity index (χ4v) is 3.98. The van der Waals surface area contributed by atoms with E-state index >= 15 is 0 Å². The van der Waals surface area contributed by atoms with Crippen LogP contribution in [0.3, 0.4) is 0 Å². The summed E-state index contributed by atoms with van der Waals surface area (Å²) in [7, 11) is 1.48. The molecule has 1 aliphatic heterocycles. The summed E-state index contributed by atoms with van der Waals surface area (Å²) in [6.07, 6.45) is -4.45. The van der Waals surface area contributed by atoms with Gasteiger partial charge in [0.25, 0.3) is 0 Å². The summed E-state index contributed by atoms with van der Waals surface area (Å²) in [6, 6.07) is 9.06. The van der Waals surface area contributed by atoms with Crippen molar-refractivity contribution in [2.45, 2.75) is 26.1 Å². The molecule has 1 heterocycles. The molecule has 1 aliphatic rings. The van der Waals surface area contributed by atoms with Crippen LogP contribution in [0.15, 0.2) is 42.5 Å². The molecule has 1 atom stereocenters. The quantitative estimate of drug-likeness (QED) is 0.644. The zero-order valence-corrected chi connectivity index (χ0v) is 19.6. The molecule has 0 unspecified atom stereocenters. The van der Waals surface area contributed by atoms with Gasteiger partial charge in [0.1, 0.15) is 5.75 Å². The SMILES string of the molecule is COc1ccc(NC(C)=O)c(NC(=O)CN2CCN(C(C)=O)[C@@H](c3ccc(C(F)(F)F)cc3)C2)c1. The Morgan fingerprint density at radius 3 is 2.26 bits per heavy atom. The summed E-state index contributed by atoms with van der Waals surface area (Å²) >= 11 is 0. The van der Waals surface area contributed by atoms with Crippen LogP contribution >= 0.6 is 0 Å². The Morgan fingerprint density at radius 1 is 1.00 bits per heavy atom. The summed E-state index contributed by atoms with van der Waals surface area (Å²) in [5.41, 5.74) is 0.567.